The number of alkyl halides is 3. The molecule has 5 rings (SSSR count). The van der Waals surface area contributed by atoms with E-state index >= 15 is 0 Å². The number of rotatable bonds is 6. The minimum atomic E-state index is -4.43. The molecular weight excluding hydrogens is 483 g/mol. The Labute approximate surface area is 203 Å². The van der Waals surface area contributed by atoms with E-state index < -0.39 is 42.4 Å². The van der Waals surface area contributed by atoms with Crippen LogP contribution in [0.25, 0.3) is 11.2 Å². The Hall–Kier alpha value is -3.00. The fourth-order valence-corrected chi connectivity index (χ4v) is 4.59. The van der Waals surface area contributed by atoms with Gasteiger partial charge in [-0.15, -0.1) is 0 Å². The zero-order chi connectivity index (χ0) is 25.6. The van der Waals surface area contributed by atoms with Crippen molar-refractivity contribution < 1.29 is 38.0 Å². The molecule has 1 aliphatic heterocycles. The largest absolute Gasteiger partial charge is 0.471 e. The van der Waals surface area contributed by atoms with Crippen molar-refractivity contribution in [2.24, 2.45) is 0 Å². The van der Waals surface area contributed by atoms with Gasteiger partial charge in [-0.2, -0.15) is 18.2 Å². The molecular formula is C23H26F3N5O5. The number of aromatic nitrogens is 4. The van der Waals surface area contributed by atoms with E-state index in [0.717, 1.165) is 12.1 Å². The van der Waals surface area contributed by atoms with Crippen molar-refractivity contribution in [2.75, 3.05) is 5.32 Å². The summed E-state index contributed by atoms with van der Waals surface area (Å²) < 4.78 is 51.6. The predicted octanol–water partition coefficient (Wildman–Crippen LogP) is 2.39. The lowest BCUT2D eigenvalue weighted by Gasteiger charge is -2.21. The van der Waals surface area contributed by atoms with Crippen LogP contribution in [0.3, 0.4) is 0 Å². The number of benzene rings is 1. The molecule has 194 valence electrons. The van der Waals surface area contributed by atoms with Gasteiger partial charge in [0.2, 0.25) is 11.8 Å². The van der Waals surface area contributed by atoms with E-state index in [-0.39, 0.29) is 29.7 Å². The van der Waals surface area contributed by atoms with Crippen molar-refractivity contribution in [3.8, 4) is 5.88 Å². The molecule has 0 amide bonds. The molecule has 1 aromatic carbocycles. The molecule has 36 heavy (non-hydrogen) atoms. The second-order valence-electron chi connectivity index (χ2n) is 9.16. The SMILES string of the molecule is C[C@H]1O[C@@H](n2c(NC3CCC(O)C3)nc3c(OCc4ccc(C(F)(F)F)cc4)ncnc32)[C@H](O)[C@@H]1O. The fraction of sp³-hybridized carbons (Fsp3) is 0.522. The fourth-order valence-electron chi connectivity index (χ4n) is 4.59. The first-order valence-corrected chi connectivity index (χ1v) is 11.6. The molecule has 2 fully saturated rings. The smallest absolute Gasteiger partial charge is 0.416 e. The molecule has 6 atom stereocenters. The minimum Gasteiger partial charge on any atom is -0.471 e. The second kappa shape index (κ2) is 9.47. The summed E-state index contributed by atoms with van der Waals surface area (Å²) in [6, 6.07) is 4.52. The zero-order valence-electron chi connectivity index (χ0n) is 19.3. The van der Waals surface area contributed by atoms with Gasteiger partial charge in [-0.1, -0.05) is 12.1 Å². The van der Waals surface area contributed by atoms with Crippen LogP contribution in [0.4, 0.5) is 19.1 Å². The summed E-state index contributed by atoms with van der Waals surface area (Å²) in [5.41, 5.74) is 0.266. The van der Waals surface area contributed by atoms with E-state index in [4.69, 9.17) is 9.47 Å². The Kier molecular flexibility index (Phi) is 6.49. The van der Waals surface area contributed by atoms with Gasteiger partial charge in [0.15, 0.2) is 17.4 Å². The topological polar surface area (TPSA) is 135 Å². The van der Waals surface area contributed by atoms with E-state index in [2.05, 4.69) is 20.3 Å². The van der Waals surface area contributed by atoms with E-state index in [1.165, 1.54) is 23.0 Å². The van der Waals surface area contributed by atoms with Gasteiger partial charge in [-0.05, 0) is 43.9 Å². The number of nitrogens with zero attached hydrogens (tertiary/aromatic N) is 4. The van der Waals surface area contributed by atoms with E-state index in [1.54, 1.807) is 6.92 Å². The highest BCUT2D eigenvalue weighted by Gasteiger charge is 2.43. The van der Waals surface area contributed by atoms with Gasteiger partial charge in [0.25, 0.3) is 0 Å². The molecule has 3 aromatic rings. The molecule has 4 N–H and O–H groups in total. The highest BCUT2D eigenvalue weighted by atomic mass is 19.4. The highest BCUT2D eigenvalue weighted by molar-refractivity contribution is 5.79. The third-order valence-corrected chi connectivity index (χ3v) is 6.57. The number of halogens is 3. The molecule has 0 radical (unpaired) electrons. The summed E-state index contributed by atoms with van der Waals surface area (Å²) in [5.74, 6) is 0.392. The molecule has 1 saturated carbocycles. The Morgan fingerprint density at radius 3 is 2.47 bits per heavy atom. The van der Waals surface area contributed by atoms with Crippen molar-refractivity contribution in [1.29, 1.82) is 0 Å². The van der Waals surface area contributed by atoms with Gasteiger partial charge >= 0.3 is 6.18 Å². The van der Waals surface area contributed by atoms with Crippen LogP contribution in [-0.4, -0.2) is 65.3 Å². The van der Waals surface area contributed by atoms with Crippen LogP contribution in [0.15, 0.2) is 30.6 Å². The average molecular weight is 509 g/mol. The maximum Gasteiger partial charge on any atom is 0.416 e. The van der Waals surface area contributed by atoms with Crippen LogP contribution in [0.5, 0.6) is 5.88 Å². The Balaban J connectivity index is 1.46. The molecule has 0 bridgehead atoms. The highest BCUT2D eigenvalue weighted by Crippen LogP contribution is 2.37. The van der Waals surface area contributed by atoms with Crippen LogP contribution in [0.1, 0.15) is 43.5 Å². The van der Waals surface area contributed by atoms with Gasteiger partial charge in [-0.25, -0.2) is 9.97 Å². The summed E-state index contributed by atoms with van der Waals surface area (Å²) in [5, 5.41) is 34.1. The number of imidazole rings is 1. The molecule has 13 heteroatoms. The van der Waals surface area contributed by atoms with E-state index in [1.807, 2.05) is 0 Å². The summed E-state index contributed by atoms with van der Waals surface area (Å²) >= 11 is 0. The lowest BCUT2D eigenvalue weighted by molar-refractivity contribution is -0.137. The number of aliphatic hydroxyl groups excluding tert-OH is 3. The number of fused-ring (bicyclic) bond motifs is 1. The second-order valence-corrected chi connectivity index (χ2v) is 9.16. The molecule has 2 aromatic heterocycles. The van der Waals surface area contributed by atoms with Crippen molar-refractivity contribution in [3.05, 3.63) is 41.7 Å². The summed E-state index contributed by atoms with van der Waals surface area (Å²) in [7, 11) is 0. The van der Waals surface area contributed by atoms with Gasteiger partial charge < -0.3 is 30.1 Å². The maximum absolute atomic E-state index is 12.8. The molecule has 1 aliphatic carbocycles. The number of ether oxygens (including phenoxy) is 2. The monoisotopic (exact) mass is 509 g/mol. The molecule has 2 aliphatic rings. The number of nitrogens with one attached hydrogen (secondary N) is 1. The lowest BCUT2D eigenvalue weighted by Crippen LogP contribution is -2.31. The molecule has 3 heterocycles. The Bertz CT molecular complexity index is 1220. The van der Waals surface area contributed by atoms with Crippen LogP contribution in [0.2, 0.25) is 0 Å². The molecule has 2 unspecified atom stereocenters. The number of hydrogen-bond donors (Lipinski definition) is 4. The van der Waals surface area contributed by atoms with Gasteiger partial charge in [0, 0.05) is 6.04 Å². The number of hydrogen-bond acceptors (Lipinski definition) is 9. The summed E-state index contributed by atoms with van der Waals surface area (Å²) in [6.45, 7) is 1.58. The average Bonchev–Trinajstić information content (AvgIpc) is 3.49. The molecule has 1 saturated heterocycles. The Morgan fingerprint density at radius 1 is 1.11 bits per heavy atom. The standard InChI is InChI=1S/C23H26F3N5O5/c1-11-17(33)18(34)21(36-11)31-19-16(30-22(31)29-14-6-7-15(32)8-14)20(28-10-27-19)35-9-12-2-4-13(5-3-12)23(24,25)26/h2-5,10-11,14-15,17-18,21,32-34H,6-9H2,1H3,(H,29,30)/t11-,14?,15?,17-,18-,21-/m1/s1. The van der Waals surface area contributed by atoms with Crippen LogP contribution in [0, 0.1) is 0 Å². The first-order valence-electron chi connectivity index (χ1n) is 11.6. The van der Waals surface area contributed by atoms with Crippen molar-refractivity contribution in [1.82, 2.24) is 19.5 Å². The van der Waals surface area contributed by atoms with Gasteiger partial charge in [0.1, 0.15) is 25.1 Å². The molecule has 0 spiro atoms. The van der Waals surface area contributed by atoms with Crippen LogP contribution >= 0.6 is 0 Å². The lowest BCUT2D eigenvalue weighted by atomic mass is 10.1. The van der Waals surface area contributed by atoms with E-state index in [0.29, 0.717) is 30.8 Å². The third kappa shape index (κ3) is 4.71. The quantitative estimate of drug-likeness (QED) is 0.395. The first-order chi connectivity index (χ1) is 17.1. The summed E-state index contributed by atoms with van der Waals surface area (Å²) in [6.07, 6.45) is -5.76. The normalized spacial score (nSPS) is 28.6. The van der Waals surface area contributed by atoms with E-state index in [9.17, 15) is 28.5 Å². The minimum absolute atomic E-state index is 0.0625. The van der Waals surface area contributed by atoms with Crippen molar-refractivity contribution in [3.63, 3.8) is 0 Å². The maximum atomic E-state index is 12.8. The van der Waals surface area contributed by atoms with Crippen LogP contribution < -0.4 is 10.1 Å². The first kappa shape index (κ1) is 24.7. The third-order valence-electron chi connectivity index (χ3n) is 6.57. The number of anilines is 1. The number of aliphatic hydroxyl groups is 3. The predicted molar refractivity (Wildman–Crippen MR) is 120 cm³/mol. The van der Waals surface area contributed by atoms with Gasteiger partial charge in [-0.3, -0.25) is 4.57 Å². The molecule has 10 nitrogen and oxygen atoms in total. The van der Waals surface area contributed by atoms with Crippen molar-refractivity contribution in [2.45, 2.75) is 75.7 Å². The van der Waals surface area contributed by atoms with Crippen molar-refractivity contribution >= 4 is 17.1 Å². The van der Waals surface area contributed by atoms with Gasteiger partial charge in [0.05, 0.1) is 17.8 Å². The van der Waals surface area contributed by atoms with Crippen LogP contribution in [-0.2, 0) is 17.5 Å². The summed E-state index contributed by atoms with van der Waals surface area (Å²) in [4.78, 5) is 13.0. The Morgan fingerprint density at radius 2 is 1.86 bits per heavy atom. The zero-order valence-corrected chi connectivity index (χ0v) is 19.3.